The predicted octanol–water partition coefficient (Wildman–Crippen LogP) is 5.31. The molecule has 154 valence electrons. The molecule has 0 aromatic heterocycles. The fraction of sp³-hybridized carbons (Fsp3) is 0.667. The highest BCUT2D eigenvalue weighted by molar-refractivity contribution is 7.92. The number of hydrogen-bond donors (Lipinski definition) is 0. The van der Waals surface area contributed by atoms with Crippen molar-refractivity contribution in [1.82, 2.24) is 0 Å². The van der Waals surface area contributed by atoms with E-state index < -0.39 is 23.4 Å². The van der Waals surface area contributed by atoms with Crippen molar-refractivity contribution in [2.24, 2.45) is 0 Å². The number of carbonyl (C=O) groups excluding carboxylic acids is 1. The maximum Gasteiger partial charge on any atom is 0.192 e. The van der Waals surface area contributed by atoms with E-state index in [0.717, 1.165) is 5.56 Å². The van der Waals surface area contributed by atoms with E-state index in [1.165, 1.54) is 0 Å². The van der Waals surface area contributed by atoms with Gasteiger partial charge in [-0.1, -0.05) is 45.4 Å². The smallest absolute Gasteiger partial charge is 0.192 e. The van der Waals surface area contributed by atoms with Crippen LogP contribution in [0.15, 0.2) is 29.2 Å². The number of carbonyl (C=O) groups is 1. The first-order valence-electron chi connectivity index (χ1n) is 9.73. The molecule has 0 amide bonds. The van der Waals surface area contributed by atoms with E-state index in [-0.39, 0.29) is 34.7 Å². The summed E-state index contributed by atoms with van der Waals surface area (Å²) in [7, 11) is -5.78. The molecule has 0 fully saturated rings. The Morgan fingerprint density at radius 2 is 1.67 bits per heavy atom. The molecule has 0 saturated heterocycles. The quantitative estimate of drug-likeness (QED) is 0.516. The van der Waals surface area contributed by atoms with Gasteiger partial charge < -0.3 is 4.43 Å². The van der Waals surface area contributed by atoms with Gasteiger partial charge in [0, 0.05) is 12.5 Å². The lowest BCUT2D eigenvalue weighted by molar-refractivity contribution is -0.119. The second-order valence-electron chi connectivity index (χ2n) is 8.99. The normalized spacial score (nSPS) is 15.4. The molecule has 1 rings (SSSR count). The molecular weight excluding hydrogens is 376 g/mol. The largest absolute Gasteiger partial charge is 0.414 e. The first-order chi connectivity index (χ1) is 12.2. The summed E-state index contributed by atoms with van der Waals surface area (Å²) in [6.45, 7) is 16.4. The van der Waals surface area contributed by atoms with Crippen LogP contribution in [0.2, 0.25) is 18.1 Å². The molecule has 0 aliphatic heterocycles. The Morgan fingerprint density at radius 3 is 2.11 bits per heavy atom. The van der Waals surface area contributed by atoms with Gasteiger partial charge in [0.15, 0.2) is 23.9 Å². The zero-order chi connectivity index (χ0) is 21.0. The molecule has 0 bridgehead atoms. The number of aryl methyl sites for hydroxylation is 1. The van der Waals surface area contributed by atoms with Crippen LogP contribution in [0.4, 0.5) is 0 Å². The van der Waals surface area contributed by atoms with Crippen molar-refractivity contribution in [2.75, 3.05) is 0 Å². The maximum atomic E-state index is 13.2. The third-order valence-corrected chi connectivity index (χ3v) is 12.2. The lowest BCUT2D eigenvalue weighted by Crippen LogP contribution is -2.45. The lowest BCUT2D eigenvalue weighted by atomic mass is 10.1. The molecule has 0 aliphatic carbocycles. The predicted molar refractivity (Wildman–Crippen MR) is 114 cm³/mol. The van der Waals surface area contributed by atoms with Gasteiger partial charge in [-0.15, -0.1) is 0 Å². The summed E-state index contributed by atoms with van der Waals surface area (Å²) in [6.07, 6.45) is 0.803. The van der Waals surface area contributed by atoms with Crippen LogP contribution >= 0.6 is 0 Å². The highest BCUT2D eigenvalue weighted by Gasteiger charge is 2.41. The van der Waals surface area contributed by atoms with E-state index in [9.17, 15) is 13.2 Å². The van der Waals surface area contributed by atoms with Gasteiger partial charge >= 0.3 is 0 Å². The number of sulfone groups is 1. The van der Waals surface area contributed by atoms with Gasteiger partial charge in [-0.2, -0.15) is 0 Å². The molecule has 2 atom stereocenters. The number of hydrogen-bond acceptors (Lipinski definition) is 4. The standard InChI is InChI=1S/C21H36O4SSi/c1-9-10-19(22)20(15-17(3)25-27(7,8)21(4,5)6)26(23,24)18-13-11-16(2)12-14-18/h11-14,17,20H,9-10,15H2,1-8H3/t17-,20?/m0/s1. The van der Waals surface area contributed by atoms with Crippen LogP contribution in [0, 0.1) is 6.92 Å². The molecule has 0 saturated carbocycles. The van der Waals surface area contributed by atoms with Gasteiger partial charge in [0.05, 0.1) is 4.90 Å². The number of Topliss-reactive ketones (excluding diaryl/α,β-unsaturated/α-hetero) is 1. The first-order valence-corrected chi connectivity index (χ1v) is 14.2. The minimum Gasteiger partial charge on any atom is -0.414 e. The van der Waals surface area contributed by atoms with E-state index in [1.54, 1.807) is 24.3 Å². The summed E-state index contributed by atoms with van der Waals surface area (Å²) in [6, 6.07) is 6.72. The van der Waals surface area contributed by atoms with E-state index >= 15 is 0 Å². The molecule has 1 aromatic rings. The minimum atomic E-state index is -3.74. The van der Waals surface area contributed by atoms with Crippen LogP contribution in [-0.4, -0.2) is 33.9 Å². The zero-order valence-corrected chi connectivity index (χ0v) is 19.9. The van der Waals surface area contributed by atoms with Gasteiger partial charge in [-0.25, -0.2) is 8.42 Å². The molecule has 1 unspecified atom stereocenters. The summed E-state index contributed by atoms with van der Waals surface area (Å²) in [4.78, 5) is 12.9. The van der Waals surface area contributed by atoms with Crippen molar-refractivity contribution in [3.8, 4) is 0 Å². The van der Waals surface area contributed by atoms with Crippen LogP contribution in [0.5, 0.6) is 0 Å². The molecule has 27 heavy (non-hydrogen) atoms. The van der Waals surface area contributed by atoms with Gasteiger partial charge in [0.1, 0.15) is 5.25 Å². The average molecular weight is 413 g/mol. The Balaban J connectivity index is 3.15. The SMILES string of the molecule is CCCC(=O)C(C[C@H](C)O[Si](C)(C)C(C)(C)C)S(=O)(=O)c1ccc(C)cc1. The Hall–Kier alpha value is -0.983. The van der Waals surface area contributed by atoms with E-state index in [0.29, 0.717) is 6.42 Å². The van der Waals surface area contributed by atoms with Crippen molar-refractivity contribution in [1.29, 1.82) is 0 Å². The van der Waals surface area contributed by atoms with Crippen LogP contribution in [-0.2, 0) is 19.1 Å². The summed E-state index contributed by atoms with van der Waals surface area (Å²) in [5.74, 6) is -0.219. The summed E-state index contributed by atoms with van der Waals surface area (Å²) in [5, 5.41) is -1.03. The van der Waals surface area contributed by atoms with Crippen LogP contribution in [0.3, 0.4) is 0 Å². The van der Waals surface area contributed by atoms with Crippen molar-refractivity contribution in [3.63, 3.8) is 0 Å². The number of benzene rings is 1. The molecule has 0 radical (unpaired) electrons. The minimum absolute atomic E-state index is 0.0278. The lowest BCUT2D eigenvalue weighted by Gasteiger charge is -2.39. The second-order valence-corrected chi connectivity index (χ2v) is 15.9. The topological polar surface area (TPSA) is 60.4 Å². The summed E-state index contributed by atoms with van der Waals surface area (Å²) >= 11 is 0. The monoisotopic (exact) mass is 412 g/mol. The molecule has 0 N–H and O–H groups in total. The fourth-order valence-corrected chi connectivity index (χ4v) is 6.05. The van der Waals surface area contributed by atoms with E-state index in [1.807, 2.05) is 20.8 Å². The molecule has 6 heteroatoms. The number of rotatable bonds is 9. The second kappa shape index (κ2) is 9.01. The molecule has 1 aromatic carbocycles. The van der Waals surface area contributed by atoms with Gasteiger partial charge in [-0.05, 0) is 57.0 Å². The van der Waals surface area contributed by atoms with Crippen molar-refractivity contribution in [2.45, 2.75) is 95.2 Å². The first kappa shape index (κ1) is 24.1. The van der Waals surface area contributed by atoms with Crippen LogP contribution in [0.1, 0.15) is 59.4 Å². The Labute approximate surface area is 166 Å². The Bertz CT molecular complexity index is 730. The van der Waals surface area contributed by atoms with Crippen LogP contribution in [0.25, 0.3) is 0 Å². The van der Waals surface area contributed by atoms with Crippen molar-refractivity contribution < 1.29 is 17.6 Å². The summed E-state index contributed by atoms with van der Waals surface area (Å²) < 4.78 is 32.7. The maximum absolute atomic E-state index is 13.2. The highest BCUT2D eigenvalue weighted by atomic mass is 32.2. The number of ketones is 1. The van der Waals surface area contributed by atoms with Crippen LogP contribution < -0.4 is 0 Å². The summed E-state index contributed by atoms with van der Waals surface area (Å²) in [5.41, 5.74) is 0.986. The molecule has 0 aliphatic rings. The third kappa shape index (κ3) is 6.26. The van der Waals surface area contributed by atoms with Crippen molar-refractivity contribution in [3.05, 3.63) is 29.8 Å². The van der Waals surface area contributed by atoms with Crippen molar-refractivity contribution >= 4 is 23.9 Å². The van der Waals surface area contributed by atoms with E-state index in [2.05, 4.69) is 33.9 Å². The van der Waals surface area contributed by atoms with Gasteiger partial charge in [0.2, 0.25) is 0 Å². The Morgan fingerprint density at radius 1 is 1.15 bits per heavy atom. The van der Waals surface area contributed by atoms with Gasteiger partial charge in [-0.3, -0.25) is 4.79 Å². The average Bonchev–Trinajstić information content (AvgIpc) is 2.51. The highest BCUT2D eigenvalue weighted by Crippen LogP contribution is 2.38. The molecule has 0 spiro atoms. The Kier molecular flexibility index (Phi) is 8.03. The molecular formula is C21H36O4SSi. The zero-order valence-electron chi connectivity index (χ0n) is 18.1. The molecule has 4 nitrogen and oxygen atoms in total. The molecule has 0 heterocycles. The van der Waals surface area contributed by atoms with E-state index in [4.69, 9.17) is 4.43 Å². The third-order valence-electron chi connectivity index (χ3n) is 5.43. The fourth-order valence-electron chi connectivity index (χ4n) is 2.76. The van der Waals surface area contributed by atoms with Gasteiger partial charge in [0.25, 0.3) is 0 Å².